The molecule has 0 saturated carbocycles. The lowest BCUT2D eigenvalue weighted by atomic mass is 10.0. The molecule has 20 heavy (non-hydrogen) atoms. The number of amides is 2. The number of benzene rings is 1. The highest BCUT2D eigenvalue weighted by Crippen LogP contribution is 2.26. The van der Waals surface area contributed by atoms with Crippen LogP contribution in [0.3, 0.4) is 0 Å². The van der Waals surface area contributed by atoms with Crippen LogP contribution in [0.4, 0.5) is 10.5 Å². The van der Waals surface area contributed by atoms with Crippen molar-refractivity contribution in [2.45, 2.75) is 25.3 Å². The van der Waals surface area contributed by atoms with E-state index in [1.807, 2.05) is 0 Å². The Morgan fingerprint density at radius 1 is 1.30 bits per heavy atom. The van der Waals surface area contributed by atoms with E-state index in [0.717, 1.165) is 12.8 Å². The molecular weight excluding hydrogens is 303 g/mol. The molecule has 108 valence electrons. The molecule has 1 aliphatic rings. The number of carboxylic acids is 1. The second-order valence-electron chi connectivity index (χ2n) is 4.60. The van der Waals surface area contributed by atoms with Gasteiger partial charge < -0.3 is 15.3 Å². The van der Waals surface area contributed by atoms with Crippen molar-refractivity contribution in [3.63, 3.8) is 0 Å². The molecule has 0 bridgehead atoms. The minimum atomic E-state index is -0.989. The number of likely N-dealkylation sites (tertiary alicyclic amines) is 1. The van der Waals surface area contributed by atoms with Crippen LogP contribution in [0.5, 0.6) is 0 Å². The highest BCUT2D eigenvalue weighted by Gasteiger charge is 2.32. The van der Waals surface area contributed by atoms with Crippen molar-refractivity contribution in [1.29, 1.82) is 0 Å². The largest absolute Gasteiger partial charge is 0.480 e. The molecule has 0 unspecified atom stereocenters. The van der Waals surface area contributed by atoms with Crippen LogP contribution in [0.1, 0.15) is 19.3 Å². The van der Waals surface area contributed by atoms with Gasteiger partial charge in [-0.25, -0.2) is 9.59 Å². The molecule has 1 fully saturated rings. The van der Waals surface area contributed by atoms with E-state index in [4.69, 9.17) is 28.3 Å². The van der Waals surface area contributed by atoms with Gasteiger partial charge >= 0.3 is 12.0 Å². The summed E-state index contributed by atoms with van der Waals surface area (Å²) in [4.78, 5) is 24.7. The third-order valence-electron chi connectivity index (χ3n) is 3.22. The summed E-state index contributed by atoms with van der Waals surface area (Å²) in [6.45, 7) is 0.418. The number of halogens is 2. The van der Waals surface area contributed by atoms with Gasteiger partial charge in [0.15, 0.2) is 0 Å². The van der Waals surface area contributed by atoms with E-state index in [2.05, 4.69) is 5.32 Å². The first-order chi connectivity index (χ1) is 9.49. The number of aliphatic carboxylic acids is 1. The molecular formula is C13H14Cl2N2O3. The Kier molecular flexibility index (Phi) is 4.73. The molecule has 0 aliphatic carbocycles. The number of nitrogens with one attached hydrogen (secondary N) is 1. The summed E-state index contributed by atoms with van der Waals surface area (Å²) in [5.74, 6) is -0.989. The van der Waals surface area contributed by atoms with Gasteiger partial charge in [0.05, 0.1) is 10.7 Å². The van der Waals surface area contributed by atoms with E-state index < -0.39 is 18.0 Å². The maximum absolute atomic E-state index is 12.2. The summed E-state index contributed by atoms with van der Waals surface area (Å²) < 4.78 is 0. The summed E-state index contributed by atoms with van der Waals surface area (Å²) in [7, 11) is 0. The first-order valence-corrected chi connectivity index (χ1v) is 7.00. The topological polar surface area (TPSA) is 69.6 Å². The van der Waals surface area contributed by atoms with Gasteiger partial charge in [-0.05, 0) is 37.5 Å². The van der Waals surface area contributed by atoms with Crippen molar-refractivity contribution in [3.8, 4) is 0 Å². The van der Waals surface area contributed by atoms with E-state index in [-0.39, 0.29) is 0 Å². The molecule has 5 nitrogen and oxygen atoms in total. The van der Waals surface area contributed by atoms with Crippen LogP contribution in [0.25, 0.3) is 0 Å². The fraction of sp³-hybridized carbons (Fsp3) is 0.385. The van der Waals surface area contributed by atoms with Crippen molar-refractivity contribution in [2.75, 3.05) is 11.9 Å². The van der Waals surface area contributed by atoms with Crippen LogP contribution in [-0.2, 0) is 4.79 Å². The van der Waals surface area contributed by atoms with Gasteiger partial charge in [0.1, 0.15) is 6.04 Å². The van der Waals surface area contributed by atoms with Crippen molar-refractivity contribution >= 4 is 40.9 Å². The number of urea groups is 1. The lowest BCUT2D eigenvalue weighted by Gasteiger charge is -2.32. The predicted octanol–water partition coefficient (Wildman–Crippen LogP) is 3.46. The lowest BCUT2D eigenvalue weighted by molar-refractivity contribution is -0.143. The van der Waals surface area contributed by atoms with Crippen molar-refractivity contribution in [3.05, 3.63) is 28.2 Å². The van der Waals surface area contributed by atoms with Gasteiger partial charge in [-0.1, -0.05) is 23.2 Å². The Balaban J connectivity index is 2.14. The average Bonchev–Trinajstić information content (AvgIpc) is 2.42. The number of carboxylic acid groups (broad SMARTS) is 1. The number of nitrogens with zero attached hydrogens (tertiary/aromatic N) is 1. The summed E-state index contributed by atoms with van der Waals surface area (Å²) in [5, 5.41) is 12.6. The normalized spacial score (nSPS) is 18.7. The first kappa shape index (κ1) is 14.9. The summed E-state index contributed by atoms with van der Waals surface area (Å²) >= 11 is 11.8. The third-order valence-corrected chi connectivity index (χ3v) is 3.78. The summed E-state index contributed by atoms with van der Waals surface area (Å²) in [5.41, 5.74) is 0.374. The molecule has 2 amide bonds. The van der Waals surface area contributed by atoms with Gasteiger partial charge in [0.2, 0.25) is 0 Å². The van der Waals surface area contributed by atoms with Gasteiger partial charge in [0, 0.05) is 11.6 Å². The molecule has 1 saturated heterocycles. The number of rotatable bonds is 2. The highest BCUT2D eigenvalue weighted by atomic mass is 35.5. The molecule has 0 aromatic heterocycles. The molecule has 1 heterocycles. The maximum Gasteiger partial charge on any atom is 0.326 e. The number of anilines is 1. The molecule has 1 aromatic carbocycles. The molecule has 1 aromatic rings. The number of hydrogen-bond acceptors (Lipinski definition) is 2. The molecule has 2 N–H and O–H groups in total. The molecule has 1 aliphatic heterocycles. The highest BCUT2D eigenvalue weighted by molar-refractivity contribution is 6.35. The van der Waals surface area contributed by atoms with E-state index in [1.165, 1.54) is 11.0 Å². The quantitative estimate of drug-likeness (QED) is 0.877. The van der Waals surface area contributed by atoms with Crippen molar-refractivity contribution in [1.82, 2.24) is 4.90 Å². The summed E-state index contributed by atoms with van der Waals surface area (Å²) in [6, 6.07) is 3.45. The third kappa shape index (κ3) is 3.35. The molecule has 1 atom stereocenters. The SMILES string of the molecule is O=C(O)[C@@H]1CCCCN1C(=O)Nc1cc(Cl)ccc1Cl. The van der Waals surface area contributed by atoms with Gasteiger partial charge in [-0.3, -0.25) is 0 Å². The van der Waals surface area contributed by atoms with E-state index in [1.54, 1.807) is 12.1 Å². The number of carbonyl (C=O) groups is 2. The van der Waals surface area contributed by atoms with Crippen LogP contribution in [0.2, 0.25) is 10.0 Å². The Labute approximate surface area is 126 Å². The van der Waals surface area contributed by atoms with E-state index in [9.17, 15) is 9.59 Å². The minimum Gasteiger partial charge on any atom is -0.480 e. The molecule has 7 heteroatoms. The number of carbonyl (C=O) groups excluding carboxylic acids is 1. The Morgan fingerprint density at radius 3 is 2.75 bits per heavy atom. The Bertz CT molecular complexity index is 536. The van der Waals surface area contributed by atoms with Crippen LogP contribution in [0, 0.1) is 0 Å². The zero-order valence-corrected chi connectivity index (χ0v) is 12.1. The fourth-order valence-electron chi connectivity index (χ4n) is 2.21. The monoisotopic (exact) mass is 316 g/mol. The Morgan fingerprint density at radius 2 is 2.05 bits per heavy atom. The molecule has 2 rings (SSSR count). The zero-order chi connectivity index (χ0) is 14.7. The predicted molar refractivity (Wildman–Crippen MR) is 77.5 cm³/mol. The Hall–Kier alpha value is -1.46. The van der Waals surface area contributed by atoms with E-state index in [0.29, 0.717) is 28.7 Å². The smallest absolute Gasteiger partial charge is 0.326 e. The van der Waals surface area contributed by atoms with Crippen LogP contribution in [-0.4, -0.2) is 34.6 Å². The van der Waals surface area contributed by atoms with Crippen LogP contribution in [0.15, 0.2) is 18.2 Å². The molecule has 0 spiro atoms. The summed E-state index contributed by atoms with van der Waals surface area (Å²) in [6.07, 6.45) is 2.06. The number of hydrogen-bond donors (Lipinski definition) is 2. The second kappa shape index (κ2) is 6.33. The van der Waals surface area contributed by atoms with Crippen molar-refractivity contribution in [2.24, 2.45) is 0 Å². The number of piperidine rings is 1. The van der Waals surface area contributed by atoms with Crippen LogP contribution >= 0.6 is 23.2 Å². The minimum absolute atomic E-state index is 0.353. The van der Waals surface area contributed by atoms with Gasteiger partial charge in [0.25, 0.3) is 0 Å². The maximum atomic E-state index is 12.2. The molecule has 0 radical (unpaired) electrons. The lowest BCUT2D eigenvalue weighted by Crippen LogP contribution is -2.49. The van der Waals surface area contributed by atoms with Gasteiger partial charge in [-0.2, -0.15) is 0 Å². The first-order valence-electron chi connectivity index (χ1n) is 6.24. The zero-order valence-electron chi connectivity index (χ0n) is 10.6. The van der Waals surface area contributed by atoms with E-state index >= 15 is 0 Å². The standard InChI is InChI=1S/C13H14Cl2N2O3/c14-8-4-5-9(15)10(7-8)16-13(20)17-6-2-1-3-11(17)12(18)19/h4-5,7,11H,1-3,6H2,(H,16,20)(H,18,19)/t11-/m0/s1. The van der Waals surface area contributed by atoms with Gasteiger partial charge in [-0.15, -0.1) is 0 Å². The van der Waals surface area contributed by atoms with Crippen molar-refractivity contribution < 1.29 is 14.7 Å². The van der Waals surface area contributed by atoms with Crippen LogP contribution < -0.4 is 5.32 Å². The average molecular weight is 317 g/mol. The second-order valence-corrected chi connectivity index (χ2v) is 5.44. The fourth-order valence-corrected chi connectivity index (χ4v) is 2.55.